The third-order valence-electron chi connectivity index (χ3n) is 3.23. The molecule has 0 atom stereocenters. The molecule has 0 aliphatic heterocycles. The first kappa shape index (κ1) is 14.4. The first-order valence-corrected chi connectivity index (χ1v) is 6.63. The maximum absolute atomic E-state index is 11.5. The van der Waals surface area contributed by atoms with Gasteiger partial charge in [-0.2, -0.15) is 0 Å². The zero-order valence-electron chi connectivity index (χ0n) is 11.4. The van der Waals surface area contributed by atoms with Gasteiger partial charge in [-0.15, -0.1) is 0 Å². The highest BCUT2D eigenvalue weighted by Gasteiger charge is 2.11. The number of hydrogen-bond donors (Lipinski definition) is 1. The monoisotopic (exact) mass is 286 g/mol. The predicted molar refractivity (Wildman–Crippen MR) is 82.9 cm³/mol. The number of aliphatic carboxylic acids is 1. The molecule has 102 valence electrons. The largest absolute Gasteiger partial charge is 0.478 e. The Bertz CT molecular complexity index is 670. The third-order valence-corrected chi connectivity index (χ3v) is 3.48. The van der Waals surface area contributed by atoms with Crippen LogP contribution in [-0.2, 0) is 4.79 Å². The summed E-state index contributed by atoms with van der Waals surface area (Å²) in [7, 11) is 0. The van der Waals surface area contributed by atoms with E-state index in [2.05, 4.69) is 0 Å². The van der Waals surface area contributed by atoms with Crippen molar-refractivity contribution in [3.63, 3.8) is 0 Å². The number of rotatable bonds is 3. The van der Waals surface area contributed by atoms with Gasteiger partial charge < -0.3 is 5.11 Å². The van der Waals surface area contributed by atoms with E-state index in [4.69, 9.17) is 11.6 Å². The van der Waals surface area contributed by atoms with E-state index in [1.807, 2.05) is 32.0 Å². The van der Waals surface area contributed by atoms with Gasteiger partial charge in [0.2, 0.25) is 0 Å². The van der Waals surface area contributed by atoms with E-state index >= 15 is 0 Å². The highest BCUT2D eigenvalue weighted by molar-refractivity contribution is 6.30. The summed E-state index contributed by atoms with van der Waals surface area (Å²) in [6.45, 7) is 3.98. The van der Waals surface area contributed by atoms with Crippen molar-refractivity contribution < 1.29 is 9.90 Å². The van der Waals surface area contributed by atoms with Crippen molar-refractivity contribution in [2.75, 3.05) is 0 Å². The van der Waals surface area contributed by atoms with Gasteiger partial charge in [-0.1, -0.05) is 41.9 Å². The van der Waals surface area contributed by atoms with Crippen LogP contribution in [0.15, 0.2) is 42.5 Å². The fraction of sp³-hybridized carbons (Fsp3) is 0.118. The molecule has 0 bridgehead atoms. The Labute approximate surface area is 123 Å². The van der Waals surface area contributed by atoms with Gasteiger partial charge in [0.1, 0.15) is 0 Å². The zero-order chi connectivity index (χ0) is 14.7. The lowest BCUT2D eigenvalue weighted by Crippen LogP contribution is -2.00. The van der Waals surface area contributed by atoms with E-state index < -0.39 is 5.97 Å². The first-order chi connectivity index (χ1) is 9.47. The van der Waals surface area contributed by atoms with Gasteiger partial charge >= 0.3 is 5.97 Å². The molecule has 0 aliphatic rings. The minimum atomic E-state index is -0.941. The fourth-order valence-corrected chi connectivity index (χ4v) is 2.03. The normalized spacial score (nSPS) is 11.4. The number of carbonyl (C=O) groups is 1. The van der Waals surface area contributed by atoms with Crippen molar-refractivity contribution in [1.82, 2.24) is 0 Å². The molecule has 2 nitrogen and oxygen atoms in total. The van der Waals surface area contributed by atoms with Crippen LogP contribution in [0.4, 0.5) is 0 Å². The standard InChI is InChI=1S/C17H15ClO2/c1-11-3-6-14(9-12(11)2)16(17(19)20)10-13-4-7-15(18)8-5-13/h3-10H,1-2H3,(H,19,20)/b16-10-. The van der Waals surface area contributed by atoms with Crippen molar-refractivity contribution in [2.45, 2.75) is 13.8 Å². The smallest absolute Gasteiger partial charge is 0.336 e. The van der Waals surface area contributed by atoms with Gasteiger partial charge in [0.05, 0.1) is 5.57 Å². The van der Waals surface area contributed by atoms with Gasteiger partial charge in [0, 0.05) is 5.02 Å². The molecule has 0 saturated carbocycles. The molecule has 0 fully saturated rings. The SMILES string of the molecule is Cc1ccc(/C(=C/c2ccc(Cl)cc2)C(=O)O)cc1C. The Balaban J connectivity index is 2.48. The molecule has 0 radical (unpaired) electrons. The van der Waals surface area contributed by atoms with Crippen LogP contribution < -0.4 is 0 Å². The summed E-state index contributed by atoms with van der Waals surface area (Å²) in [5.74, 6) is -0.941. The lowest BCUT2D eigenvalue weighted by atomic mass is 9.99. The highest BCUT2D eigenvalue weighted by atomic mass is 35.5. The van der Waals surface area contributed by atoms with Crippen molar-refractivity contribution in [1.29, 1.82) is 0 Å². The van der Waals surface area contributed by atoms with Crippen LogP contribution in [0.25, 0.3) is 11.6 Å². The average molecular weight is 287 g/mol. The minimum Gasteiger partial charge on any atom is -0.478 e. The first-order valence-electron chi connectivity index (χ1n) is 6.25. The number of benzene rings is 2. The van der Waals surface area contributed by atoms with Crippen LogP contribution in [0.2, 0.25) is 5.02 Å². The van der Waals surface area contributed by atoms with Crippen LogP contribution in [0, 0.1) is 13.8 Å². The minimum absolute atomic E-state index is 0.274. The van der Waals surface area contributed by atoms with Crippen LogP contribution in [0.1, 0.15) is 22.3 Å². The molecule has 0 aliphatic carbocycles. The number of hydrogen-bond acceptors (Lipinski definition) is 1. The Morgan fingerprint density at radius 2 is 1.70 bits per heavy atom. The van der Waals surface area contributed by atoms with E-state index in [9.17, 15) is 9.90 Å². The number of aryl methyl sites for hydroxylation is 2. The molecule has 0 unspecified atom stereocenters. The van der Waals surface area contributed by atoms with E-state index in [0.29, 0.717) is 10.6 Å². The topological polar surface area (TPSA) is 37.3 Å². The Kier molecular flexibility index (Phi) is 4.26. The van der Waals surface area contributed by atoms with Gasteiger partial charge in [0.15, 0.2) is 0 Å². The summed E-state index contributed by atoms with van der Waals surface area (Å²) >= 11 is 5.83. The third kappa shape index (κ3) is 3.28. The van der Waals surface area contributed by atoms with E-state index in [1.54, 1.807) is 30.3 Å². The number of carboxylic acids is 1. The summed E-state index contributed by atoms with van der Waals surface area (Å²) < 4.78 is 0. The molecule has 20 heavy (non-hydrogen) atoms. The molecule has 0 amide bonds. The molecule has 2 aromatic carbocycles. The van der Waals surface area contributed by atoms with Gasteiger partial charge in [-0.05, 0) is 54.3 Å². The maximum atomic E-state index is 11.5. The quantitative estimate of drug-likeness (QED) is 0.662. The van der Waals surface area contributed by atoms with Gasteiger partial charge in [0.25, 0.3) is 0 Å². The molecule has 0 saturated heterocycles. The van der Waals surface area contributed by atoms with Crippen LogP contribution in [0.5, 0.6) is 0 Å². The fourth-order valence-electron chi connectivity index (χ4n) is 1.90. The van der Waals surface area contributed by atoms with E-state index in [0.717, 1.165) is 16.7 Å². The highest BCUT2D eigenvalue weighted by Crippen LogP contribution is 2.22. The molecule has 0 spiro atoms. The second-order valence-electron chi connectivity index (χ2n) is 4.71. The van der Waals surface area contributed by atoms with Crippen LogP contribution >= 0.6 is 11.6 Å². The summed E-state index contributed by atoms with van der Waals surface area (Å²) in [6.07, 6.45) is 1.66. The van der Waals surface area contributed by atoms with E-state index in [-0.39, 0.29) is 5.57 Å². The van der Waals surface area contributed by atoms with Gasteiger partial charge in [-0.25, -0.2) is 4.79 Å². The Hall–Kier alpha value is -2.06. The van der Waals surface area contributed by atoms with Crippen molar-refractivity contribution in [2.24, 2.45) is 0 Å². The summed E-state index contributed by atoms with van der Waals surface area (Å²) in [4.78, 5) is 11.5. The van der Waals surface area contributed by atoms with Crippen LogP contribution in [-0.4, -0.2) is 11.1 Å². The van der Waals surface area contributed by atoms with Crippen molar-refractivity contribution >= 4 is 29.2 Å². The summed E-state index contributed by atoms with van der Waals surface area (Å²) in [5, 5.41) is 10.0. The van der Waals surface area contributed by atoms with Crippen molar-refractivity contribution in [3.05, 3.63) is 69.7 Å². The molecular weight excluding hydrogens is 272 g/mol. The van der Waals surface area contributed by atoms with Crippen LogP contribution in [0.3, 0.4) is 0 Å². The number of carboxylic acid groups (broad SMARTS) is 1. The molecule has 1 N–H and O–H groups in total. The molecule has 3 heteroatoms. The van der Waals surface area contributed by atoms with Crippen molar-refractivity contribution in [3.8, 4) is 0 Å². The number of halogens is 1. The predicted octanol–water partition coefficient (Wildman–Crippen LogP) is 4.58. The van der Waals surface area contributed by atoms with Gasteiger partial charge in [-0.3, -0.25) is 0 Å². The maximum Gasteiger partial charge on any atom is 0.336 e. The molecule has 0 aromatic heterocycles. The lowest BCUT2D eigenvalue weighted by molar-refractivity contribution is -0.130. The molecule has 2 aromatic rings. The molecular formula is C17H15ClO2. The lowest BCUT2D eigenvalue weighted by Gasteiger charge is -2.07. The van der Waals surface area contributed by atoms with E-state index in [1.165, 1.54) is 0 Å². The summed E-state index contributed by atoms with van der Waals surface area (Å²) in [5.41, 5.74) is 4.01. The molecule has 0 heterocycles. The Morgan fingerprint density at radius 1 is 1.05 bits per heavy atom. The molecule has 2 rings (SSSR count). The average Bonchev–Trinajstić information content (AvgIpc) is 2.41. The second kappa shape index (κ2) is 5.93. The zero-order valence-corrected chi connectivity index (χ0v) is 12.1. The second-order valence-corrected chi connectivity index (χ2v) is 5.15. The Morgan fingerprint density at radius 3 is 2.25 bits per heavy atom. The summed E-state index contributed by atoms with van der Waals surface area (Å²) in [6, 6.07) is 12.7.